The van der Waals surface area contributed by atoms with Crippen LogP contribution >= 0.6 is 0 Å². The van der Waals surface area contributed by atoms with Crippen molar-refractivity contribution in [2.45, 2.75) is 58.3 Å². The Kier molecular flexibility index (Phi) is 9.28. The van der Waals surface area contributed by atoms with E-state index in [0.29, 0.717) is 12.3 Å². The monoisotopic (exact) mass is 585 g/mol. The molecule has 9 heteroatoms. The molecule has 2 atom stereocenters. The van der Waals surface area contributed by atoms with E-state index in [0.717, 1.165) is 94.5 Å². The van der Waals surface area contributed by atoms with Gasteiger partial charge in [0, 0.05) is 68.8 Å². The summed E-state index contributed by atoms with van der Waals surface area (Å²) in [6.45, 7) is 12.0. The summed E-state index contributed by atoms with van der Waals surface area (Å²) in [5.74, 6) is 1.61. The number of aromatic nitrogens is 3. The van der Waals surface area contributed by atoms with Crippen molar-refractivity contribution < 1.29 is 9.53 Å². The maximum absolute atomic E-state index is 12.7. The number of hydrogen-bond donors (Lipinski definition) is 2. The Balaban J connectivity index is 1.19. The number of nitrogens with zero attached hydrogens (tertiary/aromatic N) is 5. The largest absolute Gasteiger partial charge is 0.469 e. The fraction of sp³-hybridized carbons (Fsp3) is 0.559. The highest BCUT2D eigenvalue weighted by Gasteiger charge is 2.28. The number of carbonyl (C=O) groups excluding carboxylic acids is 1. The standard InChI is InChI=1S/C34H47N7O2/c1-24-17-25(2)41(38-24)32-19-28(18-31(21-32)40-15-12-35-13-16-40)29(20-33(42)43-3)23-39-14-10-26(22-39)6-8-30-9-7-27-5-4-11-36-34(27)37-30/h7,9,17-19,21,26,29,35H,4-6,8,10-16,20,22-23H2,1-3H3,(H,36,37)/t26-,29-/m1/s1. The van der Waals surface area contributed by atoms with Crippen LogP contribution in [-0.4, -0.2) is 85.1 Å². The number of likely N-dealkylation sites (tertiary alicyclic amines) is 1. The van der Waals surface area contributed by atoms with Gasteiger partial charge in [-0.05, 0) is 99.9 Å². The van der Waals surface area contributed by atoms with Crippen LogP contribution in [0.2, 0.25) is 0 Å². The van der Waals surface area contributed by atoms with E-state index >= 15 is 0 Å². The average Bonchev–Trinajstić information content (AvgIpc) is 3.64. The van der Waals surface area contributed by atoms with Gasteiger partial charge >= 0.3 is 5.97 Å². The van der Waals surface area contributed by atoms with Crippen LogP contribution in [0.1, 0.15) is 59.8 Å². The quantitative estimate of drug-likeness (QED) is 0.342. The molecule has 2 saturated heterocycles. The van der Waals surface area contributed by atoms with Crippen LogP contribution < -0.4 is 15.5 Å². The van der Waals surface area contributed by atoms with E-state index in [1.54, 1.807) is 0 Å². The third-order valence-corrected chi connectivity index (χ3v) is 9.38. The van der Waals surface area contributed by atoms with Crippen molar-refractivity contribution in [2.24, 2.45) is 5.92 Å². The molecule has 0 saturated carbocycles. The maximum atomic E-state index is 12.7. The van der Waals surface area contributed by atoms with Gasteiger partial charge < -0.3 is 25.2 Å². The Morgan fingerprint density at radius 2 is 1.91 bits per heavy atom. The average molecular weight is 586 g/mol. The summed E-state index contributed by atoms with van der Waals surface area (Å²) in [5.41, 5.74) is 8.08. The van der Waals surface area contributed by atoms with Gasteiger partial charge in [-0.2, -0.15) is 5.10 Å². The Bertz CT molecular complexity index is 1410. The lowest BCUT2D eigenvalue weighted by molar-refractivity contribution is -0.141. The zero-order valence-corrected chi connectivity index (χ0v) is 26.1. The first kappa shape index (κ1) is 29.6. The summed E-state index contributed by atoms with van der Waals surface area (Å²) in [6.07, 6.45) is 6.02. The van der Waals surface area contributed by atoms with E-state index in [1.807, 2.05) is 11.6 Å². The van der Waals surface area contributed by atoms with Gasteiger partial charge in [0.05, 0.1) is 24.9 Å². The van der Waals surface area contributed by atoms with Crippen molar-refractivity contribution in [2.75, 3.05) is 69.7 Å². The lowest BCUT2D eigenvalue weighted by Crippen LogP contribution is -2.43. The number of ether oxygens (including phenoxy) is 1. The Morgan fingerprint density at radius 3 is 2.70 bits per heavy atom. The van der Waals surface area contributed by atoms with Gasteiger partial charge in [-0.3, -0.25) is 4.79 Å². The number of fused-ring (bicyclic) bond motifs is 1. The molecular formula is C34H47N7O2. The highest BCUT2D eigenvalue weighted by molar-refractivity contribution is 5.71. The molecule has 230 valence electrons. The molecule has 0 amide bonds. The molecule has 2 aromatic heterocycles. The van der Waals surface area contributed by atoms with Crippen molar-refractivity contribution >= 4 is 17.5 Å². The van der Waals surface area contributed by atoms with Gasteiger partial charge in [-0.1, -0.05) is 6.07 Å². The van der Waals surface area contributed by atoms with Crippen molar-refractivity contribution in [3.63, 3.8) is 0 Å². The third-order valence-electron chi connectivity index (χ3n) is 9.38. The topological polar surface area (TPSA) is 87.5 Å². The van der Waals surface area contributed by atoms with E-state index in [1.165, 1.54) is 42.5 Å². The second-order valence-corrected chi connectivity index (χ2v) is 12.6. The second kappa shape index (κ2) is 13.5. The van der Waals surface area contributed by atoms with Gasteiger partial charge in [0.15, 0.2) is 0 Å². The molecule has 0 aliphatic carbocycles. The summed E-state index contributed by atoms with van der Waals surface area (Å²) < 4.78 is 7.23. The van der Waals surface area contributed by atoms with Gasteiger partial charge in [0.2, 0.25) is 0 Å². The molecule has 43 heavy (non-hydrogen) atoms. The Hall–Kier alpha value is -3.43. The molecule has 2 fully saturated rings. The minimum absolute atomic E-state index is 0.0400. The molecule has 0 unspecified atom stereocenters. The number of hydrogen-bond acceptors (Lipinski definition) is 8. The number of piperazine rings is 1. The molecular weight excluding hydrogens is 538 g/mol. The van der Waals surface area contributed by atoms with Crippen molar-refractivity contribution in [1.82, 2.24) is 25.0 Å². The summed E-state index contributed by atoms with van der Waals surface area (Å²) >= 11 is 0. The molecule has 2 N–H and O–H groups in total. The molecule has 0 bridgehead atoms. The van der Waals surface area contributed by atoms with Gasteiger partial charge in [0.1, 0.15) is 5.82 Å². The van der Waals surface area contributed by atoms with Crippen LogP contribution in [0.3, 0.4) is 0 Å². The number of pyridine rings is 1. The molecule has 0 spiro atoms. The normalized spacial score (nSPS) is 19.6. The van der Waals surface area contributed by atoms with E-state index in [-0.39, 0.29) is 11.9 Å². The lowest BCUT2D eigenvalue weighted by Gasteiger charge is -2.31. The van der Waals surface area contributed by atoms with E-state index < -0.39 is 0 Å². The number of anilines is 2. The van der Waals surface area contributed by atoms with Crippen LogP contribution in [0, 0.1) is 19.8 Å². The number of esters is 1. The molecule has 0 radical (unpaired) electrons. The highest BCUT2D eigenvalue weighted by Crippen LogP contribution is 2.32. The SMILES string of the molecule is COC(=O)C[C@H](CN1CC[C@@H](CCc2ccc3c(n2)NCCC3)C1)c1cc(N2CCNCC2)cc(-n2nc(C)cc2C)c1. The van der Waals surface area contributed by atoms with E-state index in [4.69, 9.17) is 14.8 Å². The minimum atomic E-state index is -0.159. The number of benzene rings is 1. The van der Waals surface area contributed by atoms with Gasteiger partial charge in [0.25, 0.3) is 0 Å². The summed E-state index contributed by atoms with van der Waals surface area (Å²) in [4.78, 5) is 22.6. The van der Waals surface area contributed by atoms with Crippen LogP contribution in [-0.2, 0) is 22.4 Å². The minimum Gasteiger partial charge on any atom is -0.469 e. The number of aryl methyl sites for hydroxylation is 4. The van der Waals surface area contributed by atoms with Gasteiger partial charge in [-0.25, -0.2) is 9.67 Å². The summed E-state index contributed by atoms with van der Waals surface area (Å²) in [6, 6.07) is 13.4. The summed E-state index contributed by atoms with van der Waals surface area (Å²) in [7, 11) is 1.49. The number of carbonyl (C=O) groups is 1. The van der Waals surface area contributed by atoms with Crippen LogP contribution in [0.15, 0.2) is 36.4 Å². The van der Waals surface area contributed by atoms with Crippen molar-refractivity contribution in [3.05, 3.63) is 64.6 Å². The van der Waals surface area contributed by atoms with E-state index in [9.17, 15) is 4.79 Å². The smallest absolute Gasteiger partial charge is 0.306 e. The molecule has 3 aliphatic rings. The number of nitrogens with one attached hydrogen (secondary N) is 2. The molecule has 6 rings (SSSR count). The molecule has 3 aliphatic heterocycles. The zero-order valence-electron chi connectivity index (χ0n) is 26.1. The van der Waals surface area contributed by atoms with Crippen molar-refractivity contribution in [3.8, 4) is 5.69 Å². The molecule has 9 nitrogen and oxygen atoms in total. The molecule has 5 heterocycles. The molecule has 1 aromatic carbocycles. The first-order valence-corrected chi connectivity index (χ1v) is 16.1. The Labute approximate surface area is 256 Å². The lowest BCUT2D eigenvalue weighted by atomic mass is 9.93. The Morgan fingerprint density at radius 1 is 1.07 bits per heavy atom. The third kappa shape index (κ3) is 7.21. The van der Waals surface area contributed by atoms with Gasteiger partial charge in [-0.15, -0.1) is 0 Å². The predicted octanol–water partition coefficient (Wildman–Crippen LogP) is 4.25. The zero-order chi connectivity index (χ0) is 29.8. The second-order valence-electron chi connectivity index (χ2n) is 12.6. The van der Waals surface area contributed by atoms with Crippen LogP contribution in [0.5, 0.6) is 0 Å². The summed E-state index contributed by atoms with van der Waals surface area (Å²) in [5, 5.41) is 11.7. The fourth-order valence-corrected chi connectivity index (χ4v) is 7.03. The highest BCUT2D eigenvalue weighted by atomic mass is 16.5. The van der Waals surface area contributed by atoms with E-state index in [2.05, 4.69) is 63.8 Å². The number of methoxy groups -OCH3 is 1. The van der Waals surface area contributed by atoms with Crippen LogP contribution in [0.25, 0.3) is 5.69 Å². The van der Waals surface area contributed by atoms with Crippen molar-refractivity contribution in [1.29, 1.82) is 0 Å². The maximum Gasteiger partial charge on any atom is 0.306 e. The fourth-order valence-electron chi connectivity index (χ4n) is 7.03. The van der Waals surface area contributed by atoms with Crippen LogP contribution in [0.4, 0.5) is 11.5 Å². The predicted molar refractivity (Wildman–Crippen MR) is 171 cm³/mol. The first-order valence-electron chi connectivity index (χ1n) is 16.1. The molecule has 3 aromatic rings. The number of rotatable bonds is 10. The first-order chi connectivity index (χ1) is 20.9.